The van der Waals surface area contributed by atoms with Crippen LogP contribution in [0.4, 0.5) is 0 Å². The van der Waals surface area contributed by atoms with Crippen molar-refractivity contribution in [2.24, 2.45) is 0 Å². The Morgan fingerprint density at radius 3 is 2.38 bits per heavy atom. The minimum atomic E-state index is -4.06. The molecule has 0 unspecified atom stereocenters. The van der Waals surface area contributed by atoms with Gasteiger partial charge in [-0.05, 0) is 13.8 Å². The van der Waals surface area contributed by atoms with Gasteiger partial charge in [-0.1, -0.05) is 6.58 Å². The number of nitrogens with one attached hydrogen (secondary N) is 1. The molecule has 0 aromatic heterocycles. The zero-order valence-corrected chi connectivity index (χ0v) is 8.39. The van der Waals surface area contributed by atoms with Crippen LogP contribution in [0.5, 0.6) is 0 Å². The maximum absolute atomic E-state index is 10.5. The van der Waals surface area contributed by atoms with Crippen LogP contribution in [0, 0.1) is 0 Å². The lowest BCUT2D eigenvalue weighted by atomic mass is 10.1. The van der Waals surface area contributed by atoms with E-state index in [1.165, 1.54) is 13.8 Å². The Bertz CT molecular complexity index is 304. The molecule has 0 saturated heterocycles. The molecule has 0 rings (SSSR count). The van der Waals surface area contributed by atoms with Crippen LogP contribution in [0.3, 0.4) is 0 Å². The van der Waals surface area contributed by atoms with E-state index < -0.39 is 21.4 Å². The maximum Gasteiger partial charge on any atom is 0.267 e. The van der Waals surface area contributed by atoms with Crippen LogP contribution >= 0.6 is 0 Å². The number of hydrogen-bond acceptors (Lipinski definition) is 4. The van der Waals surface area contributed by atoms with Crippen molar-refractivity contribution in [3.63, 3.8) is 0 Å². The van der Waals surface area contributed by atoms with Gasteiger partial charge < -0.3 is 5.32 Å². The Kier molecular flexibility index (Phi) is 3.62. The summed E-state index contributed by atoms with van der Waals surface area (Å²) in [4.78, 5) is 10.2. The molecule has 0 aromatic rings. The molecule has 0 radical (unpaired) electrons. The number of rotatable bonds is 5. The fourth-order valence-corrected chi connectivity index (χ4v) is 1.94. The Labute approximate surface area is 77.6 Å². The average Bonchev–Trinajstić information content (AvgIpc) is 1.80. The van der Waals surface area contributed by atoms with Crippen molar-refractivity contribution in [1.82, 2.24) is 5.32 Å². The summed E-state index contributed by atoms with van der Waals surface area (Å²) in [5, 5.41) is 2.56. The number of allylic oxidation sites excluding steroid dienone is 1. The van der Waals surface area contributed by atoms with Crippen LogP contribution in [0.25, 0.3) is 0 Å². The van der Waals surface area contributed by atoms with E-state index in [4.69, 9.17) is 4.55 Å². The second kappa shape index (κ2) is 3.89. The van der Waals surface area contributed by atoms with Gasteiger partial charge in [0.25, 0.3) is 10.1 Å². The third-order valence-corrected chi connectivity index (χ3v) is 2.27. The molecule has 0 heterocycles. The second-order valence-electron chi connectivity index (χ2n) is 3.38. The first-order chi connectivity index (χ1) is 5.66. The van der Waals surface area contributed by atoms with Gasteiger partial charge in [0.2, 0.25) is 0 Å². The molecule has 76 valence electrons. The monoisotopic (exact) mass is 207 g/mol. The summed E-state index contributed by atoms with van der Waals surface area (Å²) in [5.41, 5.74) is -0.834. The smallest absolute Gasteiger partial charge is 0.267 e. The van der Waals surface area contributed by atoms with E-state index in [1.54, 1.807) is 0 Å². The fourth-order valence-electron chi connectivity index (χ4n) is 0.956. The lowest BCUT2D eigenvalue weighted by Gasteiger charge is -2.25. The molecule has 0 spiro atoms. The summed E-state index contributed by atoms with van der Waals surface area (Å²) in [6.07, 6.45) is 0.478. The highest BCUT2D eigenvalue weighted by Crippen LogP contribution is 2.06. The van der Waals surface area contributed by atoms with Crippen LogP contribution in [-0.4, -0.2) is 30.5 Å². The highest BCUT2D eigenvalue weighted by Gasteiger charge is 2.24. The quantitative estimate of drug-likeness (QED) is 0.375. The molecule has 0 fully saturated rings. The molecular formula is C7H13NO4S. The molecule has 6 heteroatoms. The van der Waals surface area contributed by atoms with E-state index in [-0.39, 0.29) is 5.70 Å². The van der Waals surface area contributed by atoms with Crippen LogP contribution in [0.1, 0.15) is 13.8 Å². The predicted molar refractivity (Wildman–Crippen MR) is 48.8 cm³/mol. The van der Waals surface area contributed by atoms with Crippen molar-refractivity contribution in [2.75, 3.05) is 5.75 Å². The summed E-state index contributed by atoms with van der Waals surface area (Å²) < 4.78 is 29.6. The lowest BCUT2D eigenvalue weighted by molar-refractivity contribution is -0.105. The zero-order valence-electron chi connectivity index (χ0n) is 7.57. The fraction of sp³-hybridized carbons (Fsp3) is 0.571. The Morgan fingerprint density at radius 1 is 1.62 bits per heavy atom. The molecule has 0 aliphatic rings. The standard InChI is InChI=1S/C7H13NO4S/c1-6(4-9)8-7(2,3)5-13(10,11)12/h4,8H,1,5H2,2-3H3,(H,10,11,12). The molecule has 0 amide bonds. The topological polar surface area (TPSA) is 83.5 Å². The molecule has 2 N–H and O–H groups in total. The molecule has 0 saturated carbocycles. The Balaban J connectivity index is 4.41. The predicted octanol–water partition coefficient (Wildman–Crippen LogP) is -0.0450. The molecular weight excluding hydrogens is 194 g/mol. The number of aldehydes is 1. The van der Waals surface area contributed by atoms with E-state index in [0.29, 0.717) is 6.29 Å². The van der Waals surface area contributed by atoms with Crippen LogP contribution < -0.4 is 5.32 Å². The van der Waals surface area contributed by atoms with Crippen LogP contribution in [0.2, 0.25) is 0 Å². The number of carbonyl (C=O) groups is 1. The maximum atomic E-state index is 10.5. The minimum absolute atomic E-state index is 0.0775. The number of carbonyl (C=O) groups excluding carboxylic acids is 1. The molecule has 13 heavy (non-hydrogen) atoms. The highest BCUT2D eigenvalue weighted by molar-refractivity contribution is 7.85. The summed E-state index contributed by atoms with van der Waals surface area (Å²) in [6.45, 7) is 6.41. The highest BCUT2D eigenvalue weighted by atomic mass is 32.2. The van der Waals surface area contributed by atoms with Crippen molar-refractivity contribution >= 4 is 16.4 Å². The second-order valence-corrected chi connectivity index (χ2v) is 4.83. The van der Waals surface area contributed by atoms with Gasteiger partial charge in [-0.25, -0.2) is 0 Å². The van der Waals surface area contributed by atoms with Gasteiger partial charge in [0.15, 0.2) is 6.29 Å². The molecule has 5 nitrogen and oxygen atoms in total. The van der Waals surface area contributed by atoms with Gasteiger partial charge in [-0.15, -0.1) is 0 Å². The van der Waals surface area contributed by atoms with Crippen LogP contribution in [-0.2, 0) is 14.9 Å². The SMILES string of the molecule is C=C(C=O)NC(C)(C)CS(=O)(=O)O. The first-order valence-corrected chi connectivity index (χ1v) is 5.15. The molecule has 0 aliphatic heterocycles. The lowest BCUT2D eigenvalue weighted by Crippen LogP contribution is -2.44. The van der Waals surface area contributed by atoms with Gasteiger partial charge in [0.1, 0.15) is 0 Å². The van der Waals surface area contributed by atoms with Crippen molar-refractivity contribution in [3.05, 3.63) is 12.3 Å². The van der Waals surface area contributed by atoms with Crippen molar-refractivity contribution in [1.29, 1.82) is 0 Å². The Hall–Kier alpha value is -0.880. The summed E-state index contributed by atoms with van der Waals surface area (Å²) in [5.74, 6) is -0.479. The van der Waals surface area contributed by atoms with E-state index in [2.05, 4.69) is 11.9 Å². The van der Waals surface area contributed by atoms with E-state index >= 15 is 0 Å². The van der Waals surface area contributed by atoms with Gasteiger partial charge >= 0.3 is 0 Å². The van der Waals surface area contributed by atoms with Crippen molar-refractivity contribution < 1.29 is 17.8 Å². The molecule has 0 bridgehead atoms. The van der Waals surface area contributed by atoms with Crippen LogP contribution in [0.15, 0.2) is 12.3 Å². The first kappa shape index (κ1) is 12.1. The van der Waals surface area contributed by atoms with E-state index in [9.17, 15) is 13.2 Å². The summed E-state index contributed by atoms with van der Waals surface area (Å²) in [6, 6.07) is 0. The third-order valence-electron chi connectivity index (χ3n) is 1.18. The minimum Gasteiger partial charge on any atom is -0.377 e. The Morgan fingerprint density at radius 2 is 2.08 bits per heavy atom. The third kappa shape index (κ3) is 6.30. The van der Waals surface area contributed by atoms with Gasteiger partial charge in [-0.3, -0.25) is 9.35 Å². The van der Waals surface area contributed by atoms with E-state index in [1.807, 2.05) is 0 Å². The van der Waals surface area contributed by atoms with E-state index in [0.717, 1.165) is 0 Å². The summed E-state index contributed by atoms with van der Waals surface area (Å²) in [7, 11) is -4.06. The average molecular weight is 207 g/mol. The molecule has 0 aliphatic carbocycles. The van der Waals surface area contributed by atoms with Gasteiger partial charge in [0.05, 0.1) is 11.4 Å². The van der Waals surface area contributed by atoms with Crippen molar-refractivity contribution in [2.45, 2.75) is 19.4 Å². The summed E-state index contributed by atoms with van der Waals surface area (Å²) >= 11 is 0. The normalized spacial score (nSPS) is 12.2. The zero-order chi connectivity index (χ0) is 10.7. The largest absolute Gasteiger partial charge is 0.377 e. The molecule has 0 aromatic carbocycles. The van der Waals surface area contributed by atoms with Crippen molar-refractivity contribution in [3.8, 4) is 0 Å². The molecule has 0 atom stereocenters. The van der Waals surface area contributed by atoms with Gasteiger partial charge in [0, 0.05) is 5.54 Å². The first-order valence-electron chi connectivity index (χ1n) is 3.54. The number of hydrogen-bond donors (Lipinski definition) is 2. The van der Waals surface area contributed by atoms with Gasteiger partial charge in [-0.2, -0.15) is 8.42 Å².